The molecule has 16 heavy (non-hydrogen) atoms. The van der Waals surface area contributed by atoms with Crippen LogP contribution in [0.1, 0.15) is 11.1 Å². The molecule has 0 fully saturated rings. The monoisotopic (exact) mass is 215 g/mol. The van der Waals surface area contributed by atoms with E-state index in [-0.39, 0.29) is 13.0 Å². The molecule has 0 unspecified atom stereocenters. The molecular formula is C11H9N3O2. The third kappa shape index (κ3) is 4.18. The van der Waals surface area contributed by atoms with Crippen molar-refractivity contribution in [3.63, 3.8) is 0 Å². The molecule has 1 N–H and O–H groups in total. The van der Waals surface area contributed by atoms with Gasteiger partial charge in [0, 0.05) is 10.5 Å². The first kappa shape index (κ1) is 11.6. The molecule has 0 bridgehead atoms. The van der Waals surface area contributed by atoms with Gasteiger partial charge >= 0.3 is 5.97 Å². The molecular weight excluding hydrogens is 206 g/mol. The van der Waals surface area contributed by atoms with Crippen molar-refractivity contribution in [1.82, 2.24) is 0 Å². The van der Waals surface area contributed by atoms with Crippen molar-refractivity contribution in [3.8, 4) is 11.8 Å². The predicted octanol–water partition coefficient (Wildman–Crippen LogP) is 1.98. The summed E-state index contributed by atoms with van der Waals surface area (Å²) in [5, 5.41) is 11.9. The summed E-state index contributed by atoms with van der Waals surface area (Å²) in [6.45, 7) is 0.111. The number of benzene rings is 1. The van der Waals surface area contributed by atoms with Crippen molar-refractivity contribution >= 4 is 5.97 Å². The average molecular weight is 215 g/mol. The molecule has 0 aromatic heterocycles. The molecule has 80 valence electrons. The fourth-order valence-corrected chi connectivity index (χ4v) is 1.14. The first-order valence-corrected chi connectivity index (χ1v) is 4.53. The first-order valence-electron chi connectivity index (χ1n) is 4.53. The standard InChI is InChI=1S/C11H9N3O2/c12-14-13-6-2-5-9-3-1-4-10(7-9)8-11(15)16/h1,3-4,7H,6,8H2,(H,15,16). The van der Waals surface area contributed by atoms with Gasteiger partial charge in [-0.15, -0.1) is 0 Å². The molecule has 0 saturated heterocycles. The van der Waals surface area contributed by atoms with E-state index >= 15 is 0 Å². The number of nitrogens with zero attached hydrogens (tertiary/aromatic N) is 3. The highest BCUT2D eigenvalue weighted by atomic mass is 16.4. The van der Waals surface area contributed by atoms with Crippen LogP contribution in [0.3, 0.4) is 0 Å². The Balaban J connectivity index is 2.76. The summed E-state index contributed by atoms with van der Waals surface area (Å²) in [6, 6.07) is 6.95. The molecule has 0 amide bonds. The number of azide groups is 1. The molecule has 1 aromatic rings. The number of rotatable bonds is 3. The molecule has 1 aromatic carbocycles. The number of aliphatic carboxylic acids is 1. The minimum Gasteiger partial charge on any atom is -0.481 e. The Bertz CT molecular complexity index is 493. The highest BCUT2D eigenvalue weighted by molar-refractivity contribution is 5.70. The molecule has 1 rings (SSSR count). The predicted molar refractivity (Wildman–Crippen MR) is 58.7 cm³/mol. The van der Waals surface area contributed by atoms with Gasteiger partial charge < -0.3 is 5.11 Å². The summed E-state index contributed by atoms with van der Waals surface area (Å²) >= 11 is 0. The summed E-state index contributed by atoms with van der Waals surface area (Å²) in [5.41, 5.74) is 9.44. The summed E-state index contributed by atoms with van der Waals surface area (Å²) in [5.74, 6) is 4.57. The minimum atomic E-state index is -0.876. The Morgan fingerprint density at radius 3 is 3.06 bits per heavy atom. The molecule has 0 radical (unpaired) electrons. The van der Waals surface area contributed by atoms with Crippen molar-refractivity contribution < 1.29 is 9.90 Å². The van der Waals surface area contributed by atoms with Crippen molar-refractivity contribution in [1.29, 1.82) is 0 Å². The van der Waals surface area contributed by atoms with Gasteiger partial charge in [-0.1, -0.05) is 29.1 Å². The minimum absolute atomic E-state index is 0.0220. The summed E-state index contributed by atoms with van der Waals surface area (Å²) in [7, 11) is 0. The lowest BCUT2D eigenvalue weighted by molar-refractivity contribution is -0.136. The van der Waals surface area contributed by atoms with E-state index in [1.54, 1.807) is 24.3 Å². The van der Waals surface area contributed by atoms with Crippen LogP contribution in [0.25, 0.3) is 10.4 Å². The topological polar surface area (TPSA) is 86.1 Å². The van der Waals surface area contributed by atoms with E-state index < -0.39 is 5.97 Å². The van der Waals surface area contributed by atoms with E-state index in [0.29, 0.717) is 11.1 Å². The highest BCUT2D eigenvalue weighted by Crippen LogP contribution is 2.04. The second-order valence-corrected chi connectivity index (χ2v) is 2.96. The lowest BCUT2D eigenvalue weighted by Gasteiger charge is -1.96. The fraction of sp³-hybridized carbons (Fsp3) is 0.182. The van der Waals surface area contributed by atoms with E-state index in [4.69, 9.17) is 10.6 Å². The van der Waals surface area contributed by atoms with Gasteiger partial charge in [0.15, 0.2) is 0 Å². The molecule has 0 aliphatic carbocycles. The molecule has 5 nitrogen and oxygen atoms in total. The fourth-order valence-electron chi connectivity index (χ4n) is 1.14. The van der Waals surface area contributed by atoms with Gasteiger partial charge in [-0.2, -0.15) is 0 Å². The lowest BCUT2D eigenvalue weighted by Crippen LogP contribution is -1.99. The van der Waals surface area contributed by atoms with Crippen molar-refractivity contribution in [2.45, 2.75) is 6.42 Å². The van der Waals surface area contributed by atoms with Crippen LogP contribution in [-0.4, -0.2) is 17.6 Å². The van der Waals surface area contributed by atoms with E-state index in [1.165, 1.54) is 0 Å². The van der Waals surface area contributed by atoms with Gasteiger partial charge in [0.2, 0.25) is 0 Å². The smallest absolute Gasteiger partial charge is 0.307 e. The van der Waals surface area contributed by atoms with Crippen LogP contribution in [0.15, 0.2) is 29.4 Å². The SMILES string of the molecule is [N-]=[N+]=NCC#Cc1cccc(CC(=O)O)c1. The van der Waals surface area contributed by atoms with E-state index in [0.717, 1.165) is 0 Å². The maximum absolute atomic E-state index is 10.5. The number of hydrogen-bond acceptors (Lipinski definition) is 2. The van der Waals surface area contributed by atoms with Crippen molar-refractivity contribution in [2.75, 3.05) is 6.54 Å². The van der Waals surface area contributed by atoms with Crippen molar-refractivity contribution in [3.05, 3.63) is 45.8 Å². The molecule has 0 aliphatic heterocycles. The average Bonchev–Trinajstić information content (AvgIpc) is 2.24. The Labute approximate surface area is 92.3 Å². The van der Waals surface area contributed by atoms with Crippen LogP contribution < -0.4 is 0 Å². The second kappa shape index (κ2) is 6.12. The van der Waals surface area contributed by atoms with Crippen LogP contribution in [0.4, 0.5) is 0 Å². The number of carbonyl (C=O) groups is 1. The molecule has 5 heteroatoms. The number of carboxylic acids is 1. The van der Waals surface area contributed by atoms with E-state index in [1.807, 2.05) is 0 Å². The van der Waals surface area contributed by atoms with Gasteiger partial charge in [-0.05, 0) is 23.2 Å². The first-order chi connectivity index (χ1) is 7.72. The molecule has 0 spiro atoms. The summed E-state index contributed by atoms with van der Waals surface area (Å²) in [4.78, 5) is 13.1. The summed E-state index contributed by atoms with van der Waals surface area (Å²) in [6.07, 6.45) is -0.0220. The van der Waals surface area contributed by atoms with E-state index in [2.05, 4.69) is 21.9 Å². The Morgan fingerprint density at radius 2 is 2.38 bits per heavy atom. The Kier molecular flexibility index (Phi) is 4.45. The zero-order valence-corrected chi connectivity index (χ0v) is 8.42. The van der Waals surface area contributed by atoms with Gasteiger partial charge in [-0.25, -0.2) is 0 Å². The highest BCUT2D eigenvalue weighted by Gasteiger charge is 1.99. The zero-order chi connectivity index (χ0) is 11.8. The van der Waals surface area contributed by atoms with Gasteiger partial charge in [0.1, 0.15) is 0 Å². The largest absolute Gasteiger partial charge is 0.481 e. The van der Waals surface area contributed by atoms with Crippen LogP contribution in [0, 0.1) is 11.8 Å². The van der Waals surface area contributed by atoms with Gasteiger partial charge in [-0.3, -0.25) is 4.79 Å². The maximum atomic E-state index is 10.5. The molecule has 0 heterocycles. The Hall–Kier alpha value is -2.44. The van der Waals surface area contributed by atoms with Gasteiger partial charge in [0.25, 0.3) is 0 Å². The third-order valence-corrected chi connectivity index (χ3v) is 1.73. The summed E-state index contributed by atoms with van der Waals surface area (Å²) < 4.78 is 0. The normalized spacial score (nSPS) is 8.50. The van der Waals surface area contributed by atoms with Crippen LogP contribution in [0.5, 0.6) is 0 Å². The van der Waals surface area contributed by atoms with Crippen molar-refractivity contribution in [2.24, 2.45) is 5.11 Å². The van der Waals surface area contributed by atoms with E-state index in [9.17, 15) is 4.79 Å². The van der Waals surface area contributed by atoms with Crippen LogP contribution in [0.2, 0.25) is 0 Å². The molecule has 0 aliphatic rings. The third-order valence-electron chi connectivity index (χ3n) is 1.73. The molecule has 0 atom stereocenters. The molecule has 0 saturated carbocycles. The lowest BCUT2D eigenvalue weighted by atomic mass is 10.1. The quantitative estimate of drug-likeness (QED) is 0.361. The number of hydrogen-bond donors (Lipinski definition) is 1. The van der Waals surface area contributed by atoms with Crippen LogP contribution >= 0.6 is 0 Å². The maximum Gasteiger partial charge on any atom is 0.307 e. The Morgan fingerprint density at radius 1 is 1.56 bits per heavy atom. The van der Waals surface area contributed by atoms with Crippen LogP contribution in [-0.2, 0) is 11.2 Å². The zero-order valence-electron chi connectivity index (χ0n) is 8.42. The van der Waals surface area contributed by atoms with Gasteiger partial charge in [0.05, 0.1) is 13.0 Å². The second-order valence-electron chi connectivity index (χ2n) is 2.96. The number of carboxylic acid groups (broad SMARTS) is 1.